The quantitative estimate of drug-likeness (QED) is 0.366. The predicted octanol–water partition coefficient (Wildman–Crippen LogP) is 2.61. The molecule has 0 aliphatic heterocycles. The number of aromatic nitrogens is 6. The van der Waals surface area contributed by atoms with Crippen molar-refractivity contribution in [3.8, 4) is 11.5 Å². The maximum absolute atomic E-state index is 12.6. The molecular formula is C21H20N8O3. The van der Waals surface area contributed by atoms with Crippen molar-refractivity contribution in [3.05, 3.63) is 87.1 Å². The normalized spacial score (nSPS) is 10.8. The van der Waals surface area contributed by atoms with Gasteiger partial charge in [0.05, 0.1) is 22.0 Å². The Balaban J connectivity index is 1.45. The number of hydrogen-bond acceptors (Lipinski definition) is 7. The molecule has 0 radical (unpaired) electrons. The molecule has 3 aromatic heterocycles. The molecule has 11 heteroatoms. The zero-order chi connectivity index (χ0) is 22.8. The van der Waals surface area contributed by atoms with Crippen LogP contribution in [-0.4, -0.2) is 40.6 Å². The van der Waals surface area contributed by atoms with Crippen molar-refractivity contribution in [2.45, 2.75) is 27.3 Å². The summed E-state index contributed by atoms with van der Waals surface area (Å²) in [5.41, 5.74) is 3.71. The summed E-state index contributed by atoms with van der Waals surface area (Å²) < 4.78 is 3.15. The van der Waals surface area contributed by atoms with Gasteiger partial charge >= 0.3 is 0 Å². The number of nitro benzene ring substituents is 1. The monoisotopic (exact) mass is 432 g/mol. The van der Waals surface area contributed by atoms with Crippen LogP contribution in [0.3, 0.4) is 0 Å². The molecule has 0 aliphatic rings. The van der Waals surface area contributed by atoms with Crippen LogP contribution in [0.1, 0.15) is 33.1 Å². The second-order valence-electron chi connectivity index (χ2n) is 7.26. The average Bonchev–Trinajstić information content (AvgIpc) is 3.33. The summed E-state index contributed by atoms with van der Waals surface area (Å²) in [6.45, 7) is 5.81. The summed E-state index contributed by atoms with van der Waals surface area (Å²) >= 11 is 0. The molecule has 11 nitrogen and oxygen atoms in total. The van der Waals surface area contributed by atoms with Crippen LogP contribution >= 0.6 is 0 Å². The number of nitro groups is 1. The molecule has 1 amide bonds. The van der Waals surface area contributed by atoms with Gasteiger partial charge in [0.15, 0.2) is 11.5 Å². The Hall–Kier alpha value is -4.41. The molecule has 0 saturated heterocycles. The van der Waals surface area contributed by atoms with Gasteiger partial charge in [-0.05, 0) is 44.5 Å². The molecule has 0 spiro atoms. The van der Waals surface area contributed by atoms with E-state index in [1.54, 1.807) is 29.9 Å². The average molecular weight is 432 g/mol. The largest absolute Gasteiger partial charge is 0.346 e. The smallest absolute Gasteiger partial charge is 0.274 e. The van der Waals surface area contributed by atoms with Crippen molar-refractivity contribution in [1.82, 2.24) is 35.1 Å². The van der Waals surface area contributed by atoms with Gasteiger partial charge in [-0.3, -0.25) is 14.9 Å². The van der Waals surface area contributed by atoms with Crippen LogP contribution in [0.25, 0.3) is 11.5 Å². The van der Waals surface area contributed by atoms with Crippen molar-refractivity contribution >= 4 is 11.6 Å². The minimum absolute atomic E-state index is 0.0696. The maximum atomic E-state index is 12.6. The third kappa shape index (κ3) is 4.08. The summed E-state index contributed by atoms with van der Waals surface area (Å²) in [6.07, 6.45) is 1.68. The highest BCUT2D eigenvalue weighted by atomic mass is 16.6. The summed E-state index contributed by atoms with van der Waals surface area (Å²) in [7, 11) is 0. The lowest BCUT2D eigenvalue weighted by atomic mass is 10.2. The van der Waals surface area contributed by atoms with E-state index in [1.807, 2.05) is 32.0 Å². The topological polar surface area (TPSA) is 134 Å². The van der Waals surface area contributed by atoms with Gasteiger partial charge in [0, 0.05) is 30.6 Å². The first-order valence-corrected chi connectivity index (χ1v) is 9.77. The van der Waals surface area contributed by atoms with Crippen LogP contribution in [0.4, 0.5) is 5.69 Å². The molecule has 0 aliphatic carbocycles. The second-order valence-corrected chi connectivity index (χ2v) is 7.26. The van der Waals surface area contributed by atoms with E-state index >= 15 is 0 Å². The lowest BCUT2D eigenvalue weighted by Gasteiger charge is -2.07. The van der Waals surface area contributed by atoms with E-state index in [2.05, 4.69) is 25.7 Å². The Morgan fingerprint density at radius 3 is 2.59 bits per heavy atom. The molecule has 4 rings (SSSR count). The van der Waals surface area contributed by atoms with E-state index in [4.69, 9.17) is 0 Å². The SMILES string of the molecule is Cc1cc(C)n(-c2ccc(CNC(=O)c3nnn(-c4cccc([N+](=O)[O-])c4)c3C)cn2)n1. The minimum Gasteiger partial charge on any atom is -0.346 e. The molecule has 0 bridgehead atoms. The van der Waals surface area contributed by atoms with Gasteiger partial charge in [0.25, 0.3) is 11.6 Å². The van der Waals surface area contributed by atoms with Crippen molar-refractivity contribution in [1.29, 1.82) is 0 Å². The molecule has 32 heavy (non-hydrogen) atoms. The van der Waals surface area contributed by atoms with Crippen molar-refractivity contribution in [3.63, 3.8) is 0 Å². The third-order valence-electron chi connectivity index (χ3n) is 4.88. The minimum atomic E-state index is -0.489. The molecule has 0 atom stereocenters. The lowest BCUT2D eigenvalue weighted by molar-refractivity contribution is -0.384. The Labute approximate surface area is 182 Å². The molecule has 1 N–H and O–H groups in total. The van der Waals surface area contributed by atoms with Crippen LogP contribution < -0.4 is 5.32 Å². The predicted molar refractivity (Wildman–Crippen MR) is 115 cm³/mol. The number of hydrogen-bond donors (Lipinski definition) is 1. The van der Waals surface area contributed by atoms with Gasteiger partial charge in [0.2, 0.25) is 0 Å². The van der Waals surface area contributed by atoms with Crippen LogP contribution in [0.2, 0.25) is 0 Å². The third-order valence-corrected chi connectivity index (χ3v) is 4.88. The Bertz CT molecular complexity index is 1310. The zero-order valence-corrected chi connectivity index (χ0v) is 17.7. The van der Waals surface area contributed by atoms with Gasteiger partial charge in [-0.25, -0.2) is 14.3 Å². The Kier molecular flexibility index (Phi) is 5.46. The van der Waals surface area contributed by atoms with E-state index in [1.165, 1.54) is 16.8 Å². The standard InChI is InChI=1S/C21H20N8O3/c1-13-9-14(2)27(25-13)19-8-7-16(11-22-19)12-23-21(30)20-15(3)28(26-24-20)17-5-4-6-18(10-17)29(31)32/h4-11H,12H2,1-3H3,(H,23,30). The van der Waals surface area contributed by atoms with Gasteiger partial charge in [0.1, 0.15) is 0 Å². The summed E-state index contributed by atoms with van der Waals surface area (Å²) in [5, 5.41) is 26.1. The van der Waals surface area contributed by atoms with Crippen LogP contribution in [0.5, 0.6) is 0 Å². The van der Waals surface area contributed by atoms with Crippen molar-refractivity contribution in [2.24, 2.45) is 0 Å². The summed E-state index contributed by atoms with van der Waals surface area (Å²) in [4.78, 5) is 27.6. The Morgan fingerprint density at radius 2 is 1.94 bits per heavy atom. The van der Waals surface area contributed by atoms with E-state index in [-0.39, 0.29) is 17.9 Å². The van der Waals surface area contributed by atoms with Crippen LogP contribution in [-0.2, 0) is 6.54 Å². The number of benzene rings is 1. The molecule has 0 saturated carbocycles. The number of aryl methyl sites for hydroxylation is 2. The maximum Gasteiger partial charge on any atom is 0.274 e. The molecule has 4 aromatic rings. The first kappa shape index (κ1) is 20.8. The highest BCUT2D eigenvalue weighted by molar-refractivity contribution is 5.93. The first-order valence-electron chi connectivity index (χ1n) is 9.77. The summed E-state index contributed by atoms with van der Waals surface area (Å²) in [6, 6.07) is 11.6. The van der Waals surface area contributed by atoms with Crippen molar-refractivity contribution in [2.75, 3.05) is 0 Å². The van der Waals surface area contributed by atoms with Gasteiger partial charge < -0.3 is 5.32 Å². The van der Waals surface area contributed by atoms with E-state index in [0.29, 0.717) is 17.2 Å². The number of nitrogens with one attached hydrogen (secondary N) is 1. The molecule has 1 aromatic carbocycles. The number of nitrogens with zero attached hydrogens (tertiary/aromatic N) is 7. The molecule has 0 unspecified atom stereocenters. The fourth-order valence-electron chi connectivity index (χ4n) is 3.30. The van der Waals surface area contributed by atoms with Gasteiger partial charge in [-0.15, -0.1) is 5.10 Å². The van der Waals surface area contributed by atoms with E-state index in [0.717, 1.165) is 17.0 Å². The van der Waals surface area contributed by atoms with E-state index < -0.39 is 10.8 Å². The number of rotatable bonds is 6. The fraction of sp³-hybridized carbons (Fsp3) is 0.190. The van der Waals surface area contributed by atoms with Gasteiger partial charge in [-0.1, -0.05) is 17.3 Å². The fourth-order valence-corrected chi connectivity index (χ4v) is 3.30. The molecule has 162 valence electrons. The van der Waals surface area contributed by atoms with E-state index in [9.17, 15) is 14.9 Å². The second kappa shape index (κ2) is 8.38. The number of amides is 1. The number of non-ortho nitro benzene ring substituents is 1. The van der Waals surface area contributed by atoms with Crippen LogP contribution in [0.15, 0.2) is 48.7 Å². The summed E-state index contributed by atoms with van der Waals surface area (Å²) in [5.74, 6) is 0.295. The number of carbonyl (C=O) groups excluding carboxylic acids is 1. The molecular weight excluding hydrogens is 412 g/mol. The Morgan fingerprint density at radius 1 is 1.12 bits per heavy atom. The highest BCUT2D eigenvalue weighted by Gasteiger charge is 2.18. The first-order chi connectivity index (χ1) is 15.3. The lowest BCUT2D eigenvalue weighted by Crippen LogP contribution is -2.24. The van der Waals surface area contributed by atoms with Gasteiger partial charge in [-0.2, -0.15) is 5.10 Å². The zero-order valence-electron chi connectivity index (χ0n) is 17.7. The number of pyridine rings is 1. The molecule has 0 fully saturated rings. The van der Waals surface area contributed by atoms with Crippen LogP contribution in [0, 0.1) is 30.9 Å². The number of carbonyl (C=O) groups is 1. The van der Waals surface area contributed by atoms with Crippen molar-refractivity contribution < 1.29 is 9.72 Å². The molecule has 3 heterocycles. The highest BCUT2D eigenvalue weighted by Crippen LogP contribution is 2.18.